The van der Waals surface area contributed by atoms with Gasteiger partial charge in [0.25, 0.3) is 5.91 Å². The molecular weight excluding hydrogens is 368 g/mol. The summed E-state index contributed by atoms with van der Waals surface area (Å²) in [5.41, 5.74) is 0. The van der Waals surface area contributed by atoms with Gasteiger partial charge in [-0.25, -0.2) is 0 Å². The molecule has 1 saturated heterocycles. The fourth-order valence-electron chi connectivity index (χ4n) is 3.54. The molecule has 1 saturated carbocycles. The number of carbonyl (C=O) groups is 2. The topological polar surface area (TPSA) is 137 Å². The highest BCUT2D eigenvalue weighted by Gasteiger charge is 2.34. The van der Waals surface area contributed by atoms with E-state index in [1.165, 1.54) is 0 Å². The van der Waals surface area contributed by atoms with Crippen LogP contribution in [0.2, 0.25) is 0 Å². The van der Waals surface area contributed by atoms with Crippen LogP contribution in [-0.2, 0) is 9.53 Å². The van der Waals surface area contributed by atoms with E-state index >= 15 is 0 Å². The minimum atomic E-state index is -0.716. The van der Waals surface area contributed by atoms with Crippen molar-refractivity contribution in [1.82, 2.24) is 15.8 Å². The standard InChI is InChI=1S/C18H28N4O6/c23-7-1-4-19-17(25)12-2-3-14(24)13(10-12)20-18(26)15-11-16(21-28-15)22-5-8-27-9-6-22/h11-14,23-24H,1-10H2,(H,19,25)(H,20,26)/t12-,13+,14+/m0/s1. The number of amides is 2. The summed E-state index contributed by atoms with van der Waals surface area (Å²) in [4.78, 5) is 26.7. The van der Waals surface area contributed by atoms with Crippen molar-refractivity contribution in [3.8, 4) is 0 Å². The number of carbonyl (C=O) groups excluding carboxylic acids is 2. The Balaban J connectivity index is 1.54. The first-order valence-corrected chi connectivity index (χ1v) is 9.75. The lowest BCUT2D eigenvalue weighted by molar-refractivity contribution is -0.127. The Labute approximate surface area is 163 Å². The molecule has 28 heavy (non-hydrogen) atoms. The summed E-state index contributed by atoms with van der Waals surface area (Å²) in [5.74, 6) is -0.209. The molecule has 2 fully saturated rings. The summed E-state index contributed by atoms with van der Waals surface area (Å²) in [6.45, 7) is 3.00. The number of morpholine rings is 1. The van der Waals surface area contributed by atoms with Crippen LogP contribution in [0.1, 0.15) is 36.2 Å². The molecule has 3 rings (SSSR count). The molecule has 2 aliphatic rings. The van der Waals surface area contributed by atoms with E-state index in [1.54, 1.807) is 6.07 Å². The van der Waals surface area contributed by atoms with E-state index in [2.05, 4.69) is 15.8 Å². The van der Waals surface area contributed by atoms with Gasteiger partial charge in [-0.2, -0.15) is 0 Å². The van der Waals surface area contributed by atoms with Crippen LogP contribution in [0.3, 0.4) is 0 Å². The monoisotopic (exact) mass is 396 g/mol. The van der Waals surface area contributed by atoms with Crippen molar-refractivity contribution in [2.24, 2.45) is 5.92 Å². The third kappa shape index (κ3) is 5.21. The number of nitrogens with zero attached hydrogens (tertiary/aromatic N) is 2. The van der Waals surface area contributed by atoms with Crippen molar-refractivity contribution in [3.05, 3.63) is 11.8 Å². The van der Waals surface area contributed by atoms with Crippen LogP contribution in [-0.4, -0.2) is 78.8 Å². The van der Waals surface area contributed by atoms with Crippen LogP contribution >= 0.6 is 0 Å². The predicted molar refractivity (Wildman–Crippen MR) is 98.8 cm³/mol. The first-order valence-electron chi connectivity index (χ1n) is 9.75. The zero-order chi connectivity index (χ0) is 19.9. The normalized spacial score (nSPS) is 25.4. The summed E-state index contributed by atoms with van der Waals surface area (Å²) >= 11 is 0. The average molecular weight is 396 g/mol. The maximum absolute atomic E-state index is 12.5. The third-order valence-electron chi connectivity index (χ3n) is 5.19. The van der Waals surface area contributed by atoms with Crippen molar-refractivity contribution in [2.45, 2.75) is 37.8 Å². The van der Waals surface area contributed by atoms with Gasteiger partial charge in [-0.15, -0.1) is 0 Å². The fourth-order valence-corrected chi connectivity index (χ4v) is 3.54. The Hall–Kier alpha value is -2.17. The summed E-state index contributed by atoms with van der Waals surface area (Å²) in [7, 11) is 0. The molecule has 0 aromatic carbocycles. The van der Waals surface area contributed by atoms with Gasteiger partial charge >= 0.3 is 0 Å². The second-order valence-corrected chi connectivity index (χ2v) is 7.17. The molecule has 0 unspecified atom stereocenters. The van der Waals surface area contributed by atoms with E-state index in [0.717, 1.165) is 0 Å². The molecule has 0 radical (unpaired) electrons. The van der Waals surface area contributed by atoms with Gasteiger partial charge < -0.3 is 35.0 Å². The smallest absolute Gasteiger partial charge is 0.290 e. The molecule has 0 bridgehead atoms. The first kappa shape index (κ1) is 20.6. The Bertz CT molecular complexity index is 660. The maximum Gasteiger partial charge on any atom is 0.290 e. The van der Waals surface area contributed by atoms with Gasteiger partial charge in [0.05, 0.1) is 25.4 Å². The van der Waals surface area contributed by atoms with Crippen LogP contribution in [0.15, 0.2) is 10.6 Å². The molecule has 1 aromatic heterocycles. The molecule has 2 amide bonds. The number of hydrogen-bond acceptors (Lipinski definition) is 8. The lowest BCUT2D eigenvalue weighted by Crippen LogP contribution is -2.49. The Morgan fingerprint density at radius 3 is 2.82 bits per heavy atom. The van der Waals surface area contributed by atoms with Crippen molar-refractivity contribution in [2.75, 3.05) is 44.4 Å². The largest absolute Gasteiger partial charge is 0.396 e. The van der Waals surface area contributed by atoms with Crippen molar-refractivity contribution < 1.29 is 29.1 Å². The first-order chi connectivity index (χ1) is 13.6. The molecule has 3 atom stereocenters. The molecular formula is C18H28N4O6. The molecule has 1 aliphatic carbocycles. The average Bonchev–Trinajstić information content (AvgIpc) is 3.21. The van der Waals surface area contributed by atoms with Gasteiger partial charge in [-0.05, 0) is 25.7 Å². The third-order valence-corrected chi connectivity index (χ3v) is 5.19. The number of rotatable bonds is 7. The minimum Gasteiger partial charge on any atom is -0.396 e. The SMILES string of the molecule is O=C(N[C@@H]1C[C@@H](C(=O)NCCCO)CC[C@H]1O)c1cc(N2CCOCC2)no1. The molecule has 1 aliphatic heterocycles. The van der Waals surface area contributed by atoms with Crippen molar-refractivity contribution in [1.29, 1.82) is 0 Å². The molecule has 1 aromatic rings. The van der Waals surface area contributed by atoms with E-state index in [1.807, 2.05) is 4.90 Å². The Morgan fingerprint density at radius 2 is 2.07 bits per heavy atom. The molecule has 10 nitrogen and oxygen atoms in total. The van der Waals surface area contributed by atoms with Crippen molar-refractivity contribution >= 4 is 17.6 Å². The number of anilines is 1. The van der Waals surface area contributed by atoms with Gasteiger partial charge in [0.15, 0.2) is 5.82 Å². The number of aliphatic hydroxyl groups excluding tert-OH is 2. The Morgan fingerprint density at radius 1 is 1.29 bits per heavy atom. The van der Waals surface area contributed by atoms with Crippen molar-refractivity contribution in [3.63, 3.8) is 0 Å². The van der Waals surface area contributed by atoms with E-state index in [4.69, 9.17) is 14.4 Å². The second kappa shape index (κ2) is 9.85. The van der Waals surface area contributed by atoms with Gasteiger partial charge in [0.2, 0.25) is 11.7 Å². The molecule has 2 heterocycles. The fraction of sp³-hybridized carbons (Fsp3) is 0.722. The van der Waals surface area contributed by atoms with E-state index in [-0.39, 0.29) is 24.2 Å². The number of aromatic nitrogens is 1. The minimum absolute atomic E-state index is 0.0198. The van der Waals surface area contributed by atoms with Gasteiger partial charge in [0.1, 0.15) is 0 Å². The van der Waals surface area contributed by atoms with Crippen LogP contribution in [0.4, 0.5) is 5.82 Å². The second-order valence-electron chi connectivity index (χ2n) is 7.17. The Kier molecular flexibility index (Phi) is 7.24. The van der Waals surface area contributed by atoms with Crippen LogP contribution in [0.25, 0.3) is 0 Å². The lowest BCUT2D eigenvalue weighted by atomic mass is 9.83. The lowest BCUT2D eigenvalue weighted by Gasteiger charge is -2.32. The quantitative estimate of drug-likeness (QED) is 0.443. The summed E-state index contributed by atoms with van der Waals surface area (Å²) < 4.78 is 10.5. The highest BCUT2D eigenvalue weighted by molar-refractivity contribution is 5.92. The molecule has 10 heteroatoms. The van der Waals surface area contributed by atoms with Gasteiger partial charge in [-0.1, -0.05) is 5.16 Å². The number of hydrogen-bond donors (Lipinski definition) is 4. The van der Waals surface area contributed by atoms with Crippen LogP contribution in [0, 0.1) is 5.92 Å². The maximum atomic E-state index is 12.5. The summed E-state index contributed by atoms with van der Waals surface area (Å²) in [6.07, 6.45) is 1.12. The van der Waals surface area contributed by atoms with E-state index < -0.39 is 18.1 Å². The summed E-state index contributed by atoms with van der Waals surface area (Å²) in [6, 6.07) is 1.04. The van der Waals surface area contributed by atoms with E-state index in [0.29, 0.717) is 64.3 Å². The number of ether oxygens (including phenoxy) is 1. The van der Waals surface area contributed by atoms with Crippen LogP contribution < -0.4 is 15.5 Å². The van der Waals surface area contributed by atoms with Gasteiger partial charge in [-0.3, -0.25) is 9.59 Å². The predicted octanol–water partition coefficient (Wildman–Crippen LogP) is -0.731. The molecule has 4 N–H and O–H groups in total. The summed E-state index contributed by atoms with van der Waals surface area (Å²) in [5, 5.41) is 28.5. The van der Waals surface area contributed by atoms with Gasteiger partial charge in [0, 0.05) is 38.2 Å². The number of aliphatic hydroxyl groups is 2. The van der Waals surface area contributed by atoms with E-state index in [9.17, 15) is 14.7 Å². The highest BCUT2D eigenvalue weighted by Crippen LogP contribution is 2.25. The van der Waals surface area contributed by atoms with Crippen LogP contribution in [0.5, 0.6) is 0 Å². The highest BCUT2D eigenvalue weighted by atomic mass is 16.5. The number of nitrogens with one attached hydrogen (secondary N) is 2. The molecule has 0 spiro atoms. The zero-order valence-corrected chi connectivity index (χ0v) is 15.8. The zero-order valence-electron chi connectivity index (χ0n) is 15.8. The molecule has 156 valence electrons.